The summed E-state index contributed by atoms with van der Waals surface area (Å²) in [6.07, 6.45) is 1.10. The van der Waals surface area contributed by atoms with E-state index in [0.29, 0.717) is 17.7 Å². The SMILES string of the molecule is O=C(NCc1ccccc1)C(c1ccc(F)cc1)N(Cc1ccc(F)cc1)C(=O)CCN1CCc2ccccc21. The molecule has 40 heavy (non-hydrogen) atoms. The van der Waals surface area contributed by atoms with Crippen LogP contribution in [0.4, 0.5) is 14.5 Å². The second kappa shape index (κ2) is 12.6. The van der Waals surface area contributed by atoms with Gasteiger partial charge in [-0.3, -0.25) is 9.59 Å². The summed E-state index contributed by atoms with van der Waals surface area (Å²) in [6, 6.07) is 28.2. The van der Waals surface area contributed by atoms with Crippen LogP contribution in [0.2, 0.25) is 0 Å². The predicted octanol–water partition coefficient (Wildman–Crippen LogP) is 5.80. The van der Waals surface area contributed by atoms with Gasteiger partial charge in [0.15, 0.2) is 0 Å². The minimum Gasteiger partial charge on any atom is -0.370 e. The molecule has 1 N–H and O–H groups in total. The highest BCUT2D eigenvalue weighted by Gasteiger charge is 2.32. The Bertz CT molecular complexity index is 1440. The number of nitrogens with zero attached hydrogens (tertiary/aromatic N) is 2. The van der Waals surface area contributed by atoms with Gasteiger partial charge in [-0.1, -0.05) is 72.8 Å². The second-order valence-electron chi connectivity index (χ2n) is 9.92. The maximum absolute atomic E-state index is 13.9. The van der Waals surface area contributed by atoms with Crippen molar-refractivity contribution in [1.82, 2.24) is 10.2 Å². The van der Waals surface area contributed by atoms with Crippen molar-refractivity contribution >= 4 is 17.5 Å². The molecular formula is C33H31F2N3O2. The third kappa shape index (κ3) is 6.54. The molecular weight excluding hydrogens is 508 g/mol. The Labute approximate surface area is 233 Å². The first-order valence-electron chi connectivity index (χ1n) is 13.4. The number of carbonyl (C=O) groups is 2. The molecule has 1 aliphatic heterocycles. The number of hydrogen-bond donors (Lipinski definition) is 1. The zero-order chi connectivity index (χ0) is 27.9. The molecule has 4 aromatic rings. The molecule has 1 aliphatic rings. The fraction of sp³-hybridized carbons (Fsp3) is 0.212. The summed E-state index contributed by atoms with van der Waals surface area (Å²) in [6.45, 7) is 1.69. The van der Waals surface area contributed by atoms with Crippen molar-refractivity contribution < 1.29 is 18.4 Å². The third-order valence-electron chi connectivity index (χ3n) is 7.22. The summed E-state index contributed by atoms with van der Waals surface area (Å²) in [5.41, 5.74) is 4.47. The van der Waals surface area contributed by atoms with Crippen LogP contribution < -0.4 is 10.2 Å². The summed E-state index contributed by atoms with van der Waals surface area (Å²) in [4.78, 5) is 31.4. The maximum atomic E-state index is 13.9. The smallest absolute Gasteiger partial charge is 0.247 e. The van der Waals surface area contributed by atoms with Gasteiger partial charge in [0.05, 0.1) is 0 Å². The van der Waals surface area contributed by atoms with Crippen LogP contribution in [0, 0.1) is 11.6 Å². The monoisotopic (exact) mass is 539 g/mol. The van der Waals surface area contributed by atoms with E-state index in [9.17, 15) is 18.4 Å². The zero-order valence-corrected chi connectivity index (χ0v) is 22.1. The van der Waals surface area contributed by atoms with E-state index in [1.807, 2.05) is 42.5 Å². The topological polar surface area (TPSA) is 52.7 Å². The number of fused-ring (bicyclic) bond motifs is 1. The second-order valence-corrected chi connectivity index (χ2v) is 9.92. The highest BCUT2D eigenvalue weighted by molar-refractivity contribution is 5.89. The quantitative estimate of drug-likeness (QED) is 0.277. The number of para-hydroxylation sites is 1. The fourth-order valence-corrected chi connectivity index (χ4v) is 5.12. The van der Waals surface area contributed by atoms with Gasteiger partial charge < -0.3 is 15.1 Å². The van der Waals surface area contributed by atoms with Gasteiger partial charge in [-0.05, 0) is 59.0 Å². The molecule has 2 amide bonds. The lowest BCUT2D eigenvalue weighted by Gasteiger charge is -2.32. The molecule has 7 heteroatoms. The van der Waals surface area contributed by atoms with Crippen LogP contribution in [-0.2, 0) is 29.1 Å². The maximum Gasteiger partial charge on any atom is 0.247 e. The summed E-state index contributed by atoms with van der Waals surface area (Å²) >= 11 is 0. The number of carbonyl (C=O) groups excluding carboxylic acids is 2. The Balaban J connectivity index is 1.42. The van der Waals surface area contributed by atoms with Crippen molar-refractivity contribution in [2.75, 3.05) is 18.0 Å². The molecule has 5 rings (SSSR count). The van der Waals surface area contributed by atoms with Crippen LogP contribution in [0.5, 0.6) is 0 Å². The Hall–Kier alpha value is -4.52. The fourth-order valence-electron chi connectivity index (χ4n) is 5.12. The minimum atomic E-state index is -1.01. The van der Waals surface area contributed by atoms with E-state index in [-0.39, 0.29) is 37.1 Å². The number of nitrogens with one attached hydrogen (secondary N) is 1. The average Bonchev–Trinajstić information content (AvgIpc) is 3.40. The van der Waals surface area contributed by atoms with Gasteiger partial charge in [-0.2, -0.15) is 0 Å². The lowest BCUT2D eigenvalue weighted by Crippen LogP contribution is -2.44. The highest BCUT2D eigenvalue weighted by atomic mass is 19.1. The van der Waals surface area contributed by atoms with Gasteiger partial charge in [0.1, 0.15) is 17.7 Å². The predicted molar refractivity (Wildman–Crippen MR) is 151 cm³/mol. The number of halogens is 2. The van der Waals surface area contributed by atoms with Crippen LogP contribution in [-0.4, -0.2) is 29.8 Å². The van der Waals surface area contributed by atoms with Gasteiger partial charge >= 0.3 is 0 Å². The molecule has 1 atom stereocenters. The Morgan fingerprint density at radius 1 is 0.800 bits per heavy atom. The van der Waals surface area contributed by atoms with Gasteiger partial charge in [-0.15, -0.1) is 0 Å². The number of anilines is 1. The summed E-state index contributed by atoms with van der Waals surface area (Å²) in [5.74, 6) is -1.42. The third-order valence-corrected chi connectivity index (χ3v) is 7.22. The molecule has 4 aromatic carbocycles. The average molecular weight is 540 g/mol. The lowest BCUT2D eigenvalue weighted by molar-refractivity contribution is -0.141. The van der Waals surface area contributed by atoms with E-state index < -0.39 is 11.9 Å². The highest BCUT2D eigenvalue weighted by Crippen LogP contribution is 2.29. The van der Waals surface area contributed by atoms with Gasteiger partial charge in [0.2, 0.25) is 11.8 Å². The molecule has 204 valence electrons. The normalized spacial score (nSPS) is 13.0. The first-order valence-corrected chi connectivity index (χ1v) is 13.4. The number of benzene rings is 4. The Morgan fingerprint density at radius 2 is 1.45 bits per heavy atom. The standard InChI is InChI=1S/C33H31F2N3O2/c34-28-14-10-25(11-15-28)23-38(31(39)19-21-37-20-18-26-8-4-5-9-30(26)37)32(27-12-16-29(35)17-13-27)33(40)36-22-24-6-2-1-3-7-24/h1-17,32H,18-23H2,(H,36,40). The number of hydrogen-bond acceptors (Lipinski definition) is 3. The van der Waals surface area contributed by atoms with E-state index in [1.54, 1.807) is 12.1 Å². The van der Waals surface area contributed by atoms with E-state index in [1.165, 1.54) is 46.9 Å². The van der Waals surface area contributed by atoms with E-state index >= 15 is 0 Å². The zero-order valence-electron chi connectivity index (χ0n) is 22.1. The van der Waals surface area contributed by atoms with E-state index in [2.05, 4.69) is 22.3 Å². The van der Waals surface area contributed by atoms with Crippen molar-refractivity contribution in [2.24, 2.45) is 0 Å². The molecule has 0 aromatic heterocycles. The van der Waals surface area contributed by atoms with E-state index in [0.717, 1.165) is 24.2 Å². The lowest BCUT2D eigenvalue weighted by atomic mass is 10.0. The number of amides is 2. The molecule has 0 radical (unpaired) electrons. The van der Waals surface area contributed by atoms with Crippen molar-refractivity contribution in [3.05, 3.63) is 137 Å². The van der Waals surface area contributed by atoms with Crippen LogP contribution in [0.3, 0.4) is 0 Å². The summed E-state index contributed by atoms with van der Waals surface area (Å²) < 4.78 is 27.5. The van der Waals surface area contributed by atoms with Crippen LogP contribution in [0.1, 0.15) is 34.7 Å². The van der Waals surface area contributed by atoms with Gasteiger partial charge in [0, 0.05) is 38.3 Å². The molecule has 0 saturated heterocycles. The molecule has 0 saturated carbocycles. The molecule has 0 spiro atoms. The van der Waals surface area contributed by atoms with Crippen molar-refractivity contribution in [3.63, 3.8) is 0 Å². The van der Waals surface area contributed by atoms with Crippen LogP contribution >= 0.6 is 0 Å². The molecule has 0 bridgehead atoms. The van der Waals surface area contributed by atoms with E-state index in [4.69, 9.17) is 0 Å². The molecule has 0 fully saturated rings. The largest absolute Gasteiger partial charge is 0.370 e. The number of rotatable bonds is 10. The Morgan fingerprint density at radius 3 is 2.17 bits per heavy atom. The molecule has 1 heterocycles. The minimum absolute atomic E-state index is 0.0938. The van der Waals surface area contributed by atoms with Crippen LogP contribution in [0.15, 0.2) is 103 Å². The van der Waals surface area contributed by atoms with Gasteiger partial charge in [0.25, 0.3) is 0 Å². The first kappa shape index (κ1) is 27.1. The Kier molecular flexibility index (Phi) is 8.50. The van der Waals surface area contributed by atoms with Crippen molar-refractivity contribution in [2.45, 2.75) is 32.0 Å². The molecule has 0 aliphatic carbocycles. The summed E-state index contributed by atoms with van der Waals surface area (Å²) in [7, 11) is 0. The molecule has 5 nitrogen and oxygen atoms in total. The van der Waals surface area contributed by atoms with Crippen molar-refractivity contribution in [1.29, 1.82) is 0 Å². The van der Waals surface area contributed by atoms with Gasteiger partial charge in [-0.25, -0.2) is 8.78 Å². The van der Waals surface area contributed by atoms with Crippen molar-refractivity contribution in [3.8, 4) is 0 Å². The molecule has 1 unspecified atom stereocenters. The first-order chi connectivity index (χ1) is 19.5. The summed E-state index contributed by atoms with van der Waals surface area (Å²) in [5, 5.41) is 2.96. The van der Waals surface area contributed by atoms with Crippen LogP contribution in [0.25, 0.3) is 0 Å².